The SMILES string of the molecule is COCCN1C[C@@H](Cc2cc(Cl)ccc2C)CC1=O. The zero-order valence-electron chi connectivity index (χ0n) is 11.5. The van der Waals surface area contributed by atoms with Gasteiger partial charge in [-0.1, -0.05) is 17.7 Å². The number of amides is 1. The molecule has 2 rings (SSSR count). The Morgan fingerprint density at radius 3 is 3.00 bits per heavy atom. The lowest BCUT2D eigenvalue weighted by molar-refractivity contribution is -0.128. The van der Waals surface area contributed by atoms with E-state index in [1.807, 2.05) is 23.1 Å². The molecule has 0 unspecified atom stereocenters. The number of ether oxygens (including phenoxy) is 1. The zero-order valence-corrected chi connectivity index (χ0v) is 12.2. The summed E-state index contributed by atoms with van der Waals surface area (Å²) in [6, 6.07) is 5.96. The standard InChI is InChI=1S/C15H20ClNO2/c1-11-3-4-14(16)9-13(11)7-12-8-15(18)17(10-12)5-6-19-2/h3-4,9,12H,5-8,10H2,1-2H3/t12-/m0/s1. The molecule has 1 fully saturated rings. The molecule has 1 heterocycles. The fourth-order valence-corrected chi connectivity index (χ4v) is 2.77. The fourth-order valence-electron chi connectivity index (χ4n) is 2.58. The minimum Gasteiger partial charge on any atom is -0.383 e. The van der Waals surface area contributed by atoms with Crippen LogP contribution < -0.4 is 0 Å². The molecule has 3 nitrogen and oxygen atoms in total. The van der Waals surface area contributed by atoms with Gasteiger partial charge in [0.2, 0.25) is 5.91 Å². The second kappa shape index (κ2) is 6.40. The third-order valence-corrected chi connectivity index (χ3v) is 3.91. The Bertz CT molecular complexity index is 461. The van der Waals surface area contributed by atoms with Crippen molar-refractivity contribution in [2.45, 2.75) is 19.8 Å². The van der Waals surface area contributed by atoms with Crippen LogP contribution in [0.25, 0.3) is 0 Å². The Kier molecular flexibility index (Phi) is 4.83. The number of likely N-dealkylation sites (tertiary alicyclic amines) is 1. The van der Waals surface area contributed by atoms with E-state index in [2.05, 4.69) is 6.92 Å². The van der Waals surface area contributed by atoms with E-state index in [9.17, 15) is 4.79 Å². The van der Waals surface area contributed by atoms with Crippen molar-refractivity contribution in [3.05, 3.63) is 34.3 Å². The molecule has 1 aromatic carbocycles. The van der Waals surface area contributed by atoms with Gasteiger partial charge in [-0.25, -0.2) is 0 Å². The maximum atomic E-state index is 11.9. The molecule has 1 atom stereocenters. The number of methoxy groups -OCH3 is 1. The van der Waals surface area contributed by atoms with Crippen molar-refractivity contribution in [3.8, 4) is 0 Å². The normalized spacial score (nSPS) is 19.2. The number of benzene rings is 1. The van der Waals surface area contributed by atoms with Gasteiger partial charge in [-0.05, 0) is 42.5 Å². The maximum absolute atomic E-state index is 11.9. The molecule has 19 heavy (non-hydrogen) atoms. The van der Waals surface area contributed by atoms with Crippen molar-refractivity contribution in [2.24, 2.45) is 5.92 Å². The van der Waals surface area contributed by atoms with Crippen LogP contribution in [0, 0.1) is 12.8 Å². The maximum Gasteiger partial charge on any atom is 0.223 e. The number of hydrogen-bond acceptors (Lipinski definition) is 2. The summed E-state index contributed by atoms with van der Waals surface area (Å²) in [6.45, 7) is 4.22. The van der Waals surface area contributed by atoms with Crippen LogP contribution in [0.5, 0.6) is 0 Å². The van der Waals surface area contributed by atoms with Crippen LogP contribution in [0.2, 0.25) is 5.02 Å². The van der Waals surface area contributed by atoms with Gasteiger partial charge in [-0.15, -0.1) is 0 Å². The molecular formula is C15H20ClNO2. The summed E-state index contributed by atoms with van der Waals surface area (Å²) in [5.74, 6) is 0.628. The summed E-state index contributed by atoms with van der Waals surface area (Å²) in [4.78, 5) is 13.8. The highest BCUT2D eigenvalue weighted by atomic mass is 35.5. The molecule has 1 aliphatic heterocycles. The van der Waals surface area contributed by atoms with Crippen LogP contribution in [0.3, 0.4) is 0 Å². The van der Waals surface area contributed by atoms with E-state index >= 15 is 0 Å². The molecule has 1 saturated heterocycles. The fraction of sp³-hybridized carbons (Fsp3) is 0.533. The van der Waals surface area contributed by atoms with Gasteiger partial charge in [-0.2, -0.15) is 0 Å². The van der Waals surface area contributed by atoms with E-state index in [0.29, 0.717) is 25.5 Å². The van der Waals surface area contributed by atoms with Crippen molar-refractivity contribution in [2.75, 3.05) is 26.8 Å². The molecule has 0 saturated carbocycles. The minimum absolute atomic E-state index is 0.238. The summed E-state index contributed by atoms with van der Waals surface area (Å²) in [6.07, 6.45) is 1.55. The lowest BCUT2D eigenvalue weighted by Gasteiger charge is -2.16. The monoisotopic (exact) mass is 281 g/mol. The van der Waals surface area contributed by atoms with Crippen LogP contribution in [0.15, 0.2) is 18.2 Å². The molecular weight excluding hydrogens is 262 g/mol. The molecule has 0 radical (unpaired) electrons. The van der Waals surface area contributed by atoms with Gasteiger partial charge in [0.15, 0.2) is 0 Å². The van der Waals surface area contributed by atoms with Crippen molar-refractivity contribution >= 4 is 17.5 Å². The van der Waals surface area contributed by atoms with Gasteiger partial charge in [0.05, 0.1) is 6.61 Å². The molecule has 1 aliphatic rings. The first kappa shape index (κ1) is 14.4. The van der Waals surface area contributed by atoms with Crippen molar-refractivity contribution < 1.29 is 9.53 Å². The van der Waals surface area contributed by atoms with Gasteiger partial charge < -0.3 is 9.64 Å². The van der Waals surface area contributed by atoms with Gasteiger partial charge in [0.1, 0.15) is 0 Å². The summed E-state index contributed by atoms with van der Waals surface area (Å²) in [7, 11) is 1.66. The third kappa shape index (κ3) is 3.71. The first-order valence-corrected chi connectivity index (χ1v) is 6.99. The number of carbonyl (C=O) groups excluding carboxylic acids is 1. The van der Waals surface area contributed by atoms with E-state index < -0.39 is 0 Å². The van der Waals surface area contributed by atoms with Crippen molar-refractivity contribution in [1.82, 2.24) is 4.90 Å². The van der Waals surface area contributed by atoms with E-state index in [0.717, 1.165) is 18.0 Å². The Balaban J connectivity index is 1.97. The molecule has 0 spiro atoms. The predicted octanol–water partition coefficient (Wildman–Crippen LogP) is 2.69. The lowest BCUT2D eigenvalue weighted by Crippen LogP contribution is -2.28. The minimum atomic E-state index is 0.238. The topological polar surface area (TPSA) is 29.5 Å². The van der Waals surface area contributed by atoms with Crippen LogP contribution >= 0.6 is 11.6 Å². The third-order valence-electron chi connectivity index (χ3n) is 3.68. The van der Waals surface area contributed by atoms with Crippen LogP contribution in [-0.2, 0) is 16.0 Å². The number of carbonyl (C=O) groups is 1. The van der Waals surface area contributed by atoms with E-state index in [4.69, 9.17) is 16.3 Å². The number of hydrogen-bond donors (Lipinski definition) is 0. The molecule has 0 N–H and O–H groups in total. The van der Waals surface area contributed by atoms with Gasteiger partial charge >= 0.3 is 0 Å². The summed E-state index contributed by atoms with van der Waals surface area (Å²) in [5, 5.41) is 0.765. The van der Waals surface area contributed by atoms with Crippen LogP contribution in [0.4, 0.5) is 0 Å². The molecule has 0 aromatic heterocycles. The smallest absolute Gasteiger partial charge is 0.223 e. The number of halogens is 1. The average Bonchev–Trinajstić information content (AvgIpc) is 2.72. The predicted molar refractivity (Wildman–Crippen MR) is 76.5 cm³/mol. The largest absolute Gasteiger partial charge is 0.383 e. The van der Waals surface area contributed by atoms with Crippen LogP contribution in [0.1, 0.15) is 17.5 Å². The highest BCUT2D eigenvalue weighted by Gasteiger charge is 2.29. The highest BCUT2D eigenvalue weighted by molar-refractivity contribution is 6.30. The Morgan fingerprint density at radius 2 is 2.26 bits per heavy atom. The number of aryl methyl sites for hydroxylation is 1. The van der Waals surface area contributed by atoms with Crippen LogP contribution in [-0.4, -0.2) is 37.6 Å². The van der Waals surface area contributed by atoms with Gasteiger partial charge in [0.25, 0.3) is 0 Å². The van der Waals surface area contributed by atoms with Gasteiger partial charge in [-0.3, -0.25) is 4.79 Å². The number of nitrogens with zero attached hydrogens (tertiary/aromatic N) is 1. The molecule has 0 aliphatic carbocycles. The van der Waals surface area contributed by atoms with Crippen molar-refractivity contribution in [3.63, 3.8) is 0 Å². The Morgan fingerprint density at radius 1 is 1.47 bits per heavy atom. The Labute approximate surface area is 119 Å². The highest BCUT2D eigenvalue weighted by Crippen LogP contribution is 2.25. The van der Waals surface area contributed by atoms with E-state index in [1.54, 1.807) is 7.11 Å². The quantitative estimate of drug-likeness (QED) is 0.830. The van der Waals surface area contributed by atoms with E-state index in [1.165, 1.54) is 11.1 Å². The molecule has 104 valence electrons. The first-order chi connectivity index (χ1) is 9.10. The second-order valence-corrected chi connectivity index (χ2v) is 5.61. The number of rotatable bonds is 5. The zero-order chi connectivity index (χ0) is 13.8. The average molecular weight is 282 g/mol. The summed E-state index contributed by atoms with van der Waals surface area (Å²) < 4.78 is 5.03. The first-order valence-electron chi connectivity index (χ1n) is 6.62. The molecule has 1 aromatic rings. The second-order valence-electron chi connectivity index (χ2n) is 5.18. The van der Waals surface area contributed by atoms with Gasteiger partial charge in [0, 0.05) is 31.6 Å². The molecule has 0 bridgehead atoms. The molecule has 1 amide bonds. The Hall–Kier alpha value is -1.06. The summed E-state index contributed by atoms with van der Waals surface area (Å²) in [5.41, 5.74) is 2.49. The van der Waals surface area contributed by atoms with E-state index in [-0.39, 0.29) is 5.91 Å². The molecule has 4 heteroatoms. The lowest BCUT2D eigenvalue weighted by atomic mass is 9.95. The van der Waals surface area contributed by atoms with Crippen molar-refractivity contribution in [1.29, 1.82) is 0 Å². The summed E-state index contributed by atoms with van der Waals surface area (Å²) >= 11 is 6.03.